The van der Waals surface area contributed by atoms with Crippen molar-refractivity contribution < 1.29 is 14.3 Å². The Morgan fingerprint density at radius 1 is 1.12 bits per heavy atom. The molecule has 0 aliphatic carbocycles. The largest absolute Gasteiger partial charge is 0.447 e. The number of cyclic esters (lactones) is 1. The van der Waals surface area contributed by atoms with Gasteiger partial charge in [0.25, 0.3) is 0 Å². The van der Waals surface area contributed by atoms with E-state index in [1.807, 2.05) is 36.4 Å². The van der Waals surface area contributed by atoms with Crippen molar-refractivity contribution in [1.29, 1.82) is 0 Å². The van der Waals surface area contributed by atoms with E-state index in [0.29, 0.717) is 24.5 Å². The van der Waals surface area contributed by atoms with Crippen molar-refractivity contribution in [2.45, 2.75) is 18.9 Å². The lowest BCUT2D eigenvalue weighted by atomic mass is 10.1. The normalized spacial score (nSPS) is 16.4. The molecule has 1 atom stereocenters. The number of ether oxygens (including phenoxy) is 1. The second kappa shape index (κ2) is 7.36. The van der Waals surface area contributed by atoms with Crippen LogP contribution in [0.5, 0.6) is 0 Å². The Morgan fingerprint density at radius 2 is 1.79 bits per heavy atom. The molecule has 5 nitrogen and oxygen atoms in total. The molecule has 6 heteroatoms. The number of hydrogen-bond donors (Lipinski definition) is 2. The fourth-order valence-electron chi connectivity index (χ4n) is 2.54. The first kappa shape index (κ1) is 16.3. The molecule has 3 rings (SSSR count). The number of carbonyl (C=O) groups is 2. The molecule has 1 saturated heterocycles. The van der Waals surface area contributed by atoms with Crippen molar-refractivity contribution in [2.75, 3.05) is 11.9 Å². The van der Waals surface area contributed by atoms with Gasteiger partial charge in [-0.2, -0.15) is 0 Å². The average Bonchev–Trinajstić information content (AvgIpc) is 2.96. The Labute approximate surface area is 145 Å². The highest BCUT2D eigenvalue weighted by Gasteiger charge is 2.22. The second-order valence-electron chi connectivity index (χ2n) is 5.69. The SMILES string of the molecule is O=C(Cc1ccc(Cl)cc1)Nc1ccc(C[C@H]2COC(=O)N2)cc1. The molecule has 0 saturated carbocycles. The topological polar surface area (TPSA) is 67.4 Å². The van der Waals surface area contributed by atoms with Gasteiger partial charge in [-0.15, -0.1) is 0 Å². The number of carbonyl (C=O) groups excluding carboxylic acids is 2. The number of halogens is 1. The van der Waals surface area contributed by atoms with Crippen molar-refractivity contribution in [3.63, 3.8) is 0 Å². The molecule has 0 spiro atoms. The van der Waals surface area contributed by atoms with Crippen LogP contribution in [0.1, 0.15) is 11.1 Å². The molecule has 0 bridgehead atoms. The number of hydrogen-bond acceptors (Lipinski definition) is 3. The van der Waals surface area contributed by atoms with Crippen LogP contribution in [0.15, 0.2) is 48.5 Å². The second-order valence-corrected chi connectivity index (χ2v) is 6.13. The summed E-state index contributed by atoms with van der Waals surface area (Å²) in [5.41, 5.74) is 2.72. The van der Waals surface area contributed by atoms with Gasteiger partial charge in [0, 0.05) is 10.7 Å². The number of amides is 2. The number of rotatable bonds is 5. The van der Waals surface area contributed by atoms with Crippen LogP contribution in [0.2, 0.25) is 5.02 Å². The Kier molecular flexibility index (Phi) is 5.01. The summed E-state index contributed by atoms with van der Waals surface area (Å²) >= 11 is 5.83. The van der Waals surface area contributed by atoms with E-state index in [4.69, 9.17) is 16.3 Å². The van der Waals surface area contributed by atoms with Gasteiger partial charge in [0.1, 0.15) is 6.61 Å². The Balaban J connectivity index is 1.52. The number of alkyl carbamates (subject to hydrolysis) is 1. The molecule has 24 heavy (non-hydrogen) atoms. The summed E-state index contributed by atoms with van der Waals surface area (Å²) in [7, 11) is 0. The van der Waals surface area contributed by atoms with Gasteiger partial charge < -0.3 is 15.4 Å². The highest BCUT2D eigenvalue weighted by molar-refractivity contribution is 6.30. The summed E-state index contributed by atoms with van der Waals surface area (Å²) < 4.78 is 4.86. The van der Waals surface area contributed by atoms with E-state index in [1.165, 1.54) is 0 Å². The van der Waals surface area contributed by atoms with E-state index in [9.17, 15) is 9.59 Å². The minimum atomic E-state index is -0.369. The van der Waals surface area contributed by atoms with Gasteiger partial charge in [-0.25, -0.2) is 4.79 Å². The maximum absolute atomic E-state index is 12.1. The van der Waals surface area contributed by atoms with E-state index in [0.717, 1.165) is 16.8 Å². The first-order chi connectivity index (χ1) is 11.6. The standard InChI is InChI=1S/C18H17ClN2O3/c19-14-5-1-13(2-6-14)10-17(22)20-15-7-3-12(4-8-15)9-16-11-24-18(23)21-16/h1-8,16H,9-11H2,(H,20,22)(H,21,23)/t16-/m0/s1. The first-order valence-electron chi connectivity index (χ1n) is 7.65. The zero-order valence-corrected chi connectivity index (χ0v) is 13.7. The number of anilines is 1. The fourth-order valence-corrected chi connectivity index (χ4v) is 2.66. The van der Waals surface area contributed by atoms with E-state index in [1.54, 1.807) is 12.1 Å². The minimum Gasteiger partial charge on any atom is -0.447 e. The minimum absolute atomic E-state index is 0.00264. The molecule has 2 N–H and O–H groups in total. The van der Waals surface area contributed by atoms with Crippen LogP contribution in [-0.4, -0.2) is 24.6 Å². The maximum Gasteiger partial charge on any atom is 0.407 e. The van der Waals surface area contributed by atoms with E-state index in [-0.39, 0.29) is 18.0 Å². The van der Waals surface area contributed by atoms with Gasteiger partial charge in [0.2, 0.25) is 5.91 Å². The molecule has 0 radical (unpaired) electrons. The van der Waals surface area contributed by atoms with Crippen LogP contribution < -0.4 is 10.6 Å². The van der Waals surface area contributed by atoms with Crippen molar-refractivity contribution >= 4 is 29.3 Å². The molecule has 0 aromatic heterocycles. The summed E-state index contributed by atoms with van der Waals surface area (Å²) in [5.74, 6) is -0.0819. The molecule has 1 aliphatic heterocycles. The number of nitrogens with one attached hydrogen (secondary N) is 2. The third-order valence-corrected chi connectivity index (χ3v) is 3.99. The van der Waals surface area contributed by atoms with Crippen LogP contribution >= 0.6 is 11.6 Å². The van der Waals surface area contributed by atoms with Crippen molar-refractivity contribution in [3.8, 4) is 0 Å². The molecule has 124 valence electrons. The highest BCUT2D eigenvalue weighted by Crippen LogP contribution is 2.14. The Hall–Kier alpha value is -2.53. The first-order valence-corrected chi connectivity index (χ1v) is 8.03. The van der Waals surface area contributed by atoms with Crippen molar-refractivity contribution in [1.82, 2.24) is 5.32 Å². The van der Waals surface area contributed by atoms with Crippen LogP contribution in [-0.2, 0) is 22.4 Å². The van der Waals surface area contributed by atoms with Crippen LogP contribution in [0.3, 0.4) is 0 Å². The lowest BCUT2D eigenvalue weighted by Gasteiger charge is -2.09. The lowest BCUT2D eigenvalue weighted by Crippen LogP contribution is -2.28. The van der Waals surface area contributed by atoms with Gasteiger partial charge >= 0.3 is 6.09 Å². The van der Waals surface area contributed by atoms with Gasteiger partial charge in [0.05, 0.1) is 12.5 Å². The predicted octanol–water partition coefficient (Wildman–Crippen LogP) is 3.17. The predicted molar refractivity (Wildman–Crippen MR) is 92.2 cm³/mol. The molecule has 1 fully saturated rings. The van der Waals surface area contributed by atoms with Crippen molar-refractivity contribution in [3.05, 3.63) is 64.7 Å². The monoisotopic (exact) mass is 344 g/mol. The highest BCUT2D eigenvalue weighted by atomic mass is 35.5. The van der Waals surface area contributed by atoms with Crippen LogP contribution in [0, 0.1) is 0 Å². The third-order valence-electron chi connectivity index (χ3n) is 3.74. The zero-order valence-electron chi connectivity index (χ0n) is 12.9. The smallest absolute Gasteiger partial charge is 0.407 e. The fraction of sp³-hybridized carbons (Fsp3) is 0.222. The molecule has 2 aromatic carbocycles. The average molecular weight is 345 g/mol. The zero-order chi connectivity index (χ0) is 16.9. The van der Waals surface area contributed by atoms with Crippen LogP contribution in [0.4, 0.5) is 10.5 Å². The van der Waals surface area contributed by atoms with Crippen LogP contribution in [0.25, 0.3) is 0 Å². The quantitative estimate of drug-likeness (QED) is 0.875. The molecular formula is C18H17ClN2O3. The van der Waals surface area contributed by atoms with Gasteiger partial charge in [-0.3, -0.25) is 4.79 Å². The van der Waals surface area contributed by atoms with E-state index >= 15 is 0 Å². The van der Waals surface area contributed by atoms with E-state index < -0.39 is 0 Å². The maximum atomic E-state index is 12.1. The number of benzene rings is 2. The summed E-state index contributed by atoms with van der Waals surface area (Å²) in [6.45, 7) is 0.387. The van der Waals surface area contributed by atoms with Gasteiger partial charge in [-0.1, -0.05) is 35.9 Å². The molecule has 0 unspecified atom stereocenters. The summed E-state index contributed by atoms with van der Waals surface area (Å²) in [5, 5.41) is 6.26. The molecule has 2 amide bonds. The summed E-state index contributed by atoms with van der Waals surface area (Å²) in [6.07, 6.45) is 0.626. The lowest BCUT2D eigenvalue weighted by molar-refractivity contribution is -0.115. The third kappa shape index (κ3) is 4.49. The molecular weight excluding hydrogens is 328 g/mol. The molecule has 1 aliphatic rings. The van der Waals surface area contributed by atoms with Gasteiger partial charge in [-0.05, 0) is 41.8 Å². The summed E-state index contributed by atoms with van der Waals surface area (Å²) in [4.78, 5) is 23.1. The molecule has 2 aromatic rings. The van der Waals surface area contributed by atoms with Gasteiger partial charge in [0.15, 0.2) is 0 Å². The Morgan fingerprint density at radius 3 is 2.42 bits per heavy atom. The molecule has 1 heterocycles. The summed E-state index contributed by atoms with van der Waals surface area (Å²) in [6, 6.07) is 14.8. The van der Waals surface area contributed by atoms with Crippen molar-refractivity contribution in [2.24, 2.45) is 0 Å². The Bertz CT molecular complexity index is 729. The van der Waals surface area contributed by atoms with E-state index in [2.05, 4.69) is 10.6 Å².